The number of piperidine rings is 2. The number of carbonyl (C=O) groups excluding carboxylic acids is 1. The van der Waals surface area contributed by atoms with Crippen molar-refractivity contribution in [2.75, 3.05) is 48.4 Å². The molecule has 0 unspecified atom stereocenters. The molecule has 0 atom stereocenters. The number of halogens is 4. The number of nitrogens with zero attached hydrogens (tertiary/aromatic N) is 3. The van der Waals surface area contributed by atoms with Gasteiger partial charge in [0.25, 0.3) is 11.8 Å². The fourth-order valence-electron chi connectivity index (χ4n) is 5.81. The lowest BCUT2D eigenvalue weighted by Gasteiger charge is -2.35. The molecular formula is C29H30BrF3N4O2. The van der Waals surface area contributed by atoms with Crippen LogP contribution in [0.15, 0.2) is 40.9 Å². The van der Waals surface area contributed by atoms with Crippen molar-refractivity contribution < 1.29 is 22.7 Å². The van der Waals surface area contributed by atoms with Gasteiger partial charge in [-0.1, -0.05) is 15.9 Å². The van der Waals surface area contributed by atoms with Crippen LogP contribution < -0.4 is 19.9 Å². The number of ether oxygens (including phenoxy) is 1. The summed E-state index contributed by atoms with van der Waals surface area (Å²) in [6.07, 6.45) is 4.02. The van der Waals surface area contributed by atoms with E-state index in [-0.39, 0.29) is 43.2 Å². The summed E-state index contributed by atoms with van der Waals surface area (Å²) in [7, 11) is 1.46. The number of amides is 1. The third kappa shape index (κ3) is 5.15. The Morgan fingerprint density at radius 1 is 0.974 bits per heavy atom. The number of methoxy groups -OCH3 is 1. The predicted molar refractivity (Wildman–Crippen MR) is 150 cm³/mol. The summed E-state index contributed by atoms with van der Waals surface area (Å²) in [5, 5.41) is 3.35. The van der Waals surface area contributed by atoms with Crippen molar-refractivity contribution in [1.82, 2.24) is 4.98 Å². The minimum atomic E-state index is -2.79. The van der Waals surface area contributed by atoms with Crippen LogP contribution in [0.5, 0.6) is 5.88 Å². The van der Waals surface area contributed by atoms with Crippen LogP contribution in [0, 0.1) is 11.2 Å². The first-order valence-corrected chi connectivity index (χ1v) is 14.1. The van der Waals surface area contributed by atoms with Gasteiger partial charge in [-0.2, -0.15) is 0 Å². The number of alkyl halides is 2. The number of aromatic nitrogens is 1. The highest BCUT2D eigenvalue weighted by molar-refractivity contribution is 9.10. The highest BCUT2D eigenvalue weighted by Gasteiger charge is 2.44. The molecule has 1 aromatic heterocycles. The van der Waals surface area contributed by atoms with Crippen LogP contribution in [0.25, 0.3) is 10.9 Å². The Hall–Kier alpha value is -3.01. The summed E-state index contributed by atoms with van der Waals surface area (Å²) in [6, 6.07) is 10.4. The van der Waals surface area contributed by atoms with Gasteiger partial charge in [0.05, 0.1) is 24.0 Å². The zero-order valence-corrected chi connectivity index (χ0v) is 23.3. The second-order valence-electron chi connectivity index (χ2n) is 11.0. The molecule has 39 heavy (non-hydrogen) atoms. The van der Waals surface area contributed by atoms with Gasteiger partial charge < -0.3 is 19.9 Å². The SMILES string of the molecule is COc1ccc2cc(NC(=O)c3ccc(Br)cc3N3CCC4(CC3)CC4)c(F)c(N3CCC(F)(F)CC3)c2n1. The maximum atomic E-state index is 16.2. The van der Waals surface area contributed by atoms with Crippen molar-refractivity contribution >= 4 is 49.8 Å². The first-order chi connectivity index (χ1) is 18.7. The first-order valence-electron chi connectivity index (χ1n) is 13.3. The Balaban J connectivity index is 1.35. The van der Waals surface area contributed by atoms with E-state index < -0.39 is 17.6 Å². The number of hydrogen-bond donors (Lipinski definition) is 1. The number of fused-ring (bicyclic) bond motifs is 1. The lowest BCUT2D eigenvalue weighted by molar-refractivity contribution is -0.0221. The van der Waals surface area contributed by atoms with Gasteiger partial charge in [-0.3, -0.25) is 4.79 Å². The molecule has 1 saturated carbocycles. The van der Waals surface area contributed by atoms with Crippen LogP contribution in [0.1, 0.15) is 48.9 Å². The van der Waals surface area contributed by atoms with E-state index in [2.05, 4.69) is 31.1 Å². The molecule has 0 bridgehead atoms. The highest BCUT2D eigenvalue weighted by Crippen LogP contribution is 2.54. The molecule has 1 N–H and O–H groups in total. The molecule has 1 amide bonds. The highest BCUT2D eigenvalue weighted by atomic mass is 79.9. The van der Waals surface area contributed by atoms with E-state index in [1.165, 1.54) is 26.0 Å². The number of pyridine rings is 1. The van der Waals surface area contributed by atoms with Gasteiger partial charge in [-0.15, -0.1) is 0 Å². The summed E-state index contributed by atoms with van der Waals surface area (Å²) in [6.45, 7) is 1.70. The summed E-state index contributed by atoms with van der Waals surface area (Å²) < 4.78 is 50.1. The Bertz CT molecular complexity index is 1430. The van der Waals surface area contributed by atoms with Crippen LogP contribution in [0.3, 0.4) is 0 Å². The average molecular weight is 603 g/mol. The van der Waals surface area contributed by atoms with Gasteiger partial charge in [0, 0.05) is 54.9 Å². The zero-order valence-electron chi connectivity index (χ0n) is 21.7. The molecule has 3 aliphatic rings. The molecule has 0 radical (unpaired) electrons. The average Bonchev–Trinajstić information content (AvgIpc) is 3.68. The Morgan fingerprint density at radius 3 is 2.33 bits per heavy atom. The van der Waals surface area contributed by atoms with E-state index in [1.54, 1.807) is 29.2 Å². The number of benzene rings is 2. The maximum absolute atomic E-state index is 16.2. The number of anilines is 3. The molecule has 1 aliphatic carbocycles. The number of rotatable bonds is 5. The van der Waals surface area contributed by atoms with Crippen LogP contribution in [0.4, 0.5) is 30.2 Å². The molecule has 1 spiro atoms. The van der Waals surface area contributed by atoms with E-state index >= 15 is 4.39 Å². The Kier molecular flexibility index (Phi) is 6.64. The molecule has 6 rings (SSSR count). The monoisotopic (exact) mass is 602 g/mol. The van der Waals surface area contributed by atoms with E-state index in [4.69, 9.17) is 4.74 Å². The first kappa shape index (κ1) is 26.2. The van der Waals surface area contributed by atoms with E-state index in [0.717, 1.165) is 36.1 Å². The molecule has 2 aromatic carbocycles. The third-order valence-electron chi connectivity index (χ3n) is 8.46. The lowest BCUT2D eigenvalue weighted by Crippen LogP contribution is -2.40. The minimum Gasteiger partial charge on any atom is -0.481 e. The van der Waals surface area contributed by atoms with E-state index in [1.807, 2.05) is 6.07 Å². The van der Waals surface area contributed by atoms with Crippen LogP contribution in [-0.4, -0.2) is 50.1 Å². The number of carbonyl (C=O) groups is 1. The second-order valence-corrected chi connectivity index (χ2v) is 11.9. The van der Waals surface area contributed by atoms with Crippen molar-refractivity contribution in [1.29, 1.82) is 0 Å². The van der Waals surface area contributed by atoms with Crippen molar-refractivity contribution in [2.24, 2.45) is 5.41 Å². The molecular weight excluding hydrogens is 573 g/mol. The van der Waals surface area contributed by atoms with Crippen LogP contribution in [0.2, 0.25) is 0 Å². The van der Waals surface area contributed by atoms with Gasteiger partial charge in [-0.05, 0) is 61.4 Å². The molecule has 206 valence electrons. The largest absolute Gasteiger partial charge is 0.481 e. The molecule has 10 heteroatoms. The zero-order chi connectivity index (χ0) is 27.4. The summed E-state index contributed by atoms with van der Waals surface area (Å²) >= 11 is 3.53. The van der Waals surface area contributed by atoms with Crippen molar-refractivity contribution in [3.8, 4) is 5.88 Å². The quantitative estimate of drug-likeness (QED) is 0.340. The van der Waals surface area contributed by atoms with E-state index in [0.29, 0.717) is 21.9 Å². The van der Waals surface area contributed by atoms with Crippen LogP contribution in [-0.2, 0) is 0 Å². The minimum absolute atomic E-state index is 0.0174. The normalized spacial score (nSPS) is 19.8. The van der Waals surface area contributed by atoms with Gasteiger partial charge in [0.2, 0.25) is 5.88 Å². The Labute approximate surface area is 233 Å². The van der Waals surface area contributed by atoms with Gasteiger partial charge in [0.15, 0.2) is 5.82 Å². The standard InChI is InChI=1S/C29H30BrF3N4O2/c1-39-23-5-2-18-16-21(24(31)26(25(18)35-23)37-14-10-29(32,33)11-15-37)34-27(38)20-4-3-19(30)17-22(20)36-12-8-28(6-7-28)9-13-36/h2-5,16-17H,6-15H2,1H3,(H,34,38). The van der Waals surface area contributed by atoms with Crippen molar-refractivity contribution in [3.05, 3.63) is 52.3 Å². The van der Waals surface area contributed by atoms with Gasteiger partial charge >= 0.3 is 0 Å². The fourth-order valence-corrected chi connectivity index (χ4v) is 6.16. The number of nitrogens with one attached hydrogen (secondary N) is 1. The van der Waals surface area contributed by atoms with Crippen molar-refractivity contribution in [3.63, 3.8) is 0 Å². The molecule has 2 aliphatic heterocycles. The summed E-state index contributed by atoms with van der Waals surface area (Å²) in [5.74, 6) is -3.63. The second kappa shape index (κ2) is 9.87. The Morgan fingerprint density at radius 2 is 1.67 bits per heavy atom. The van der Waals surface area contributed by atoms with Crippen LogP contribution >= 0.6 is 15.9 Å². The molecule has 6 nitrogen and oxygen atoms in total. The lowest BCUT2D eigenvalue weighted by atomic mass is 9.93. The smallest absolute Gasteiger partial charge is 0.257 e. The number of hydrogen-bond acceptors (Lipinski definition) is 5. The summed E-state index contributed by atoms with van der Waals surface area (Å²) in [4.78, 5) is 21.9. The topological polar surface area (TPSA) is 57.7 Å². The van der Waals surface area contributed by atoms with Crippen molar-refractivity contribution in [2.45, 2.75) is 44.4 Å². The van der Waals surface area contributed by atoms with Gasteiger partial charge in [0.1, 0.15) is 11.2 Å². The predicted octanol–water partition coefficient (Wildman–Crippen LogP) is 7.01. The molecule has 3 fully saturated rings. The molecule has 2 saturated heterocycles. The van der Waals surface area contributed by atoms with Gasteiger partial charge in [-0.25, -0.2) is 18.2 Å². The molecule has 3 heterocycles. The molecule has 3 aromatic rings. The van der Waals surface area contributed by atoms with E-state index in [9.17, 15) is 13.6 Å². The maximum Gasteiger partial charge on any atom is 0.257 e. The third-order valence-corrected chi connectivity index (χ3v) is 8.96. The fraction of sp³-hybridized carbons (Fsp3) is 0.448. The summed E-state index contributed by atoms with van der Waals surface area (Å²) in [5.41, 5.74) is 2.14.